The normalized spacial score (nSPS) is 14.2. The van der Waals surface area contributed by atoms with Gasteiger partial charge in [-0.3, -0.25) is 0 Å². The third-order valence-corrected chi connectivity index (χ3v) is 3.44. The lowest BCUT2D eigenvalue weighted by Gasteiger charge is -2.19. The van der Waals surface area contributed by atoms with Crippen molar-refractivity contribution in [2.24, 2.45) is 0 Å². The van der Waals surface area contributed by atoms with Crippen molar-refractivity contribution in [1.29, 1.82) is 0 Å². The van der Waals surface area contributed by atoms with Gasteiger partial charge >= 0.3 is 6.18 Å². The number of rotatable bonds is 2. The number of benzene rings is 1. The van der Waals surface area contributed by atoms with Crippen molar-refractivity contribution in [2.75, 3.05) is 0 Å². The smallest absolute Gasteiger partial charge is 0.379 e. The van der Waals surface area contributed by atoms with E-state index in [1.54, 1.807) is 12.3 Å². The SMILES string of the molecule is CC(C)(C)c1ccn(-c2cc(Cl)ccc2C(O)C(F)(F)F)n1. The van der Waals surface area contributed by atoms with Crippen molar-refractivity contribution in [3.63, 3.8) is 0 Å². The fourth-order valence-electron chi connectivity index (χ4n) is 1.98. The zero-order valence-electron chi connectivity index (χ0n) is 12.3. The van der Waals surface area contributed by atoms with Crippen molar-refractivity contribution in [3.05, 3.63) is 46.7 Å². The maximum Gasteiger partial charge on any atom is 0.418 e. The van der Waals surface area contributed by atoms with Gasteiger partial charge in [-0.2, -0.15) is 18.3 Å². The van der Waals surface area contributed by atoms with Gasteiger partial charge in [0.05, 0.1) is 11.4 Å². The van der Waals surface area contributed by atoms with Crippen LogP contribution in [0.5, 0.6) is 0 Å². The summed E-state index contributed by atoms with van der Waals surface area (Å²) in [4.78, 5) is 0. The standard InChI is InChI=1S/C15H16ClF3N2O/c1-14(2,3)12-6-7-21(20-12)11-8-9(16)4-5-10(11)13(22)15(17,18)19/h4-8,13,22H,1-3H3. The van der Waals surface area contributed by atoms with Crippen LogP contribution < -0.4 is 0 Å². The van der Waals surface area contributed by atoms with Gasteiger partial charge in [0, 0.05) is 22.2 Å². The van der Waals surface area contributed by atoms with Crippen LogP contribution in [-0.4, -0.2) is 21.1 Å². The zero-order chi connectivity index (χ0) is 16.7. The molecule has 1 N–H and O–H groups in total. The molecule has 1 aromatic heterocycles. The van der Waals surface area contributed by atoms with Crippen molar-refractivity contribution < 1.29 is 18.3 Å². The van der Waals surface area contributed by atoms with E-state index >= 15 is 0 Å². The molecule has 0 aliphatic carbocycles. The van der Waals surface area contributed by atoms with Gasteiger partial charge in [0.2, 0.25) is 0 Å². The molecular formula is C15H16ClF3N2O. The molecule has 22 heavy (non-hydrogen) atoms. The molecule has 0 aliphatic heterocycles. The first-order valence-corrected chi connectivity index (χ1v) is 6.98. The summed E-state index contributed by atoms with van der Waals surface area (Å²) in [6.45, 7) is 5.84. The summed E-state index contributed by atoms with van der Waals surface area (Å²) in [7, 11) is 0. The Morgan fingerprint density at radius 1 is 1.18 bits per heavy atom. The van der Waals surface area contributed by atoms with Gasteiger partial charge < -0.3 is 5.11 Å². The number of nitrogens with zero attached hydrogens (tertiary/aromatic N) is 2. The van der Waals surface area contributed by atoms with Gasteiger partial charge in [-0.1, -0.05) is 38.4 Å². The first-order valence-electron chi connectivity index (χ1n) is 6.61. The van der Waals surface area contributed by atoms with Gasteiger partial charge in [-0.25, -0.2) is 4.68 Å². The zero-order valence-corrected chi connectivity index (χ0v) is 13.1. The van der Waals surface area contributed by atoms with E-state index in [-0.39, 0.29) is 21.7 Å². The molecule has 0 saturated carbocycles. The van der Waals surface area contributed by atoms with Crippen molar-refractivity contribution in [3.8, 4) is 5.69 Å². The number of halogens is 4. The number of hydrogen-bond acceptors (Lipinski definition) is 2. The second kappa shape index (κ2) is 5.59. The molecule has 0 bridgehead atoms. The van der Waals surface area contributed by atoms with Crippen LogP contribution in [-0.2, 0) is 5.41 Å². The van der Waals surface area contributed by atoms with Gasteiger partial charge in [0.1, 0.15) is 0 Å². The average Bonchev–Trinajstić information content (AvgIpc) is 2.86. The van der Waals surface area contributed by atoms with Crippen LogP contribution in [0.2, 0.25) is 5.02 Å². The van der Waals surface area contributed by atoms with E-state index in [0.29, 0.717) is 0 Å². The molecule has 1 unspecified atom stereocenters. The Bertz CT molecular complexity index is 674. The Kier molecular flexibility index (Phi) is 4.28. The van der Waals surface area contributed by atoms with Crippen LogP contribution in [0.1, 0.15) is 38.1 Å². The molecule has 2 aromatic rings. The summed E-state index contributed by atoms with van der Waals surface area (Å²) < 4.78 is 39.7. The Morgan fingerprint density at radius 3 is 2.32 bits per heavy atom. The molecule has 1 heterocycles. The predicted octanol–water partition coefficient (Wildman–Crippen LogP) is 4.42. The minimum Gasteiger partial charge on any atom is -0.379 e. The average molecular weight is 333 g/mol. The molecule has 0 fully saturated rings. The first-order chi connectivity index (χ1) is 10.00. The highest BCUT2D eigenvalue weighted by atomic mass is 35.5. The summed E-state index contributed by atoms with van der Waals surface area (Å²) in [6.07, 6.45) is -5.80. The van der Waals surface area contributed by atoms with E-state index in [9.17, 15) is 18.3 Å². The lowest BCUT2D eigenvalue weighted by molar-refractivity contribution is -0.206. The molecule has 2 rings (SSSR count). The molecule has 3 nitrogen and oxygen atoms in total. The Hall–Kier alpha value is -1.53. The van der Waals surface area contributed by atoms with E-state index in [1.165, 1.54) is 16.8 Å². The minimum atomic E-state index is -4.76. The molecule has 0 radical (unpaired) electrons. The Morgan fingerprint density at radius 2 is 1.82 bits per heavy atom. The topological polar surface area (TPSA) is 38.0 Å². The van der Waals surface area contributed by atoms with E-state index in [0.717, 1.165) is 11.8 Å². The second-order valence-electron chi connectivity index (χ2n) is 6.04. The molecular weight excluding hydrogens is 317 g/mol. The number of aliphatic hydroxyl groups excluding tert-OH is 1. The quantitative estimate of drug-likeness (QED) is 0.884. The Balaban J connectivity index is 2.55. The molecule has 1 aromatic carbocycles. The van der Waals surface area contributed by atoms with Crippen molar-refractivity contribution in [1.82, 2.24) is 9.78 Å². The molecule has 0 aliphatic rings. The predicted molar refractivity (Wildman–Crippen MR) is 78.3 cm³/mol. The minimum absolute atomic E-state index is 0.104. The van der Waals surface area contributed by atoms with Crippen LogP contribution in [0.4, 0.5) is 13.2 Å². The third-order valence-electron chi connectivity index (χ3n) is 3.20. The monoisotopic (exact) mass is 332 g/mol. The first kappa shape index (κ1) is 16.8. The highest BCUT2D eigenvalue weighted by Gasteiger charge is 2.41. The second-order valence-corrected chi connectivity index (χ2v) is 6.48. The van der Waals surface area contributed by atoms with Crippen LogP contribution in [0.3, 0.4) is 0 Å². The molecule has 1 atom stereocenters. The van der Waals surface area contributed by atoms with E-state index in [4.69, 9.17) is 11.6 Å². The number of alkyl halides is 3. The largest absolute Gasteiger partial charge is 0.418 e. The summed E-state index contributed by atoms with van der Waals surface area (Å²) >= 11 is 5.88. The lowest BCUT2D eigenvalue weighted by atomic mass is 9.93. The van der Waals surface area contributed by atoms with Crippen LogP contribution >= 0.6 is 11.6 Å². The van der Waals surface area contributed by atoms with Crippen molar-refractivity contribution in [2.45, 2.75) is 38.5 Å². The fourth-order valence-corrected chi connectivity index (χ4v) is 2.15. The van der Waals surface area contributed by atoms with Crippen molar-refractivity contribution >= 4 is 11.6 Å². The molecule has 0 saturated heterocycles. The lowest BCUT2D eigenvalue weighted by Crippen LogP contribution is -2.22. The number of hydrogen-bond donors (Lipinski definition) is 1. The third kappa shape index (κ3) is 3.44. The summed E-state index contributed by atoms with van der Waals surface area (Å²) in [5.74, 6) is 0. The summed E-state index contributed by atoms with van der Waals surface area (Å²) in [5, 5.41) is 14.1. The Labute approximate surface area is 131 Å². The summed E-state index contributed by atoms with van der Waals surface area (Å²) in [6, 6.07) is 5.55. The molecule has 0 amide bonds. The number of aromatic nitrogens is 2. The van der Waals surface area contributed by atoms with Crippen LogP contribution in [0, 0.1) is 0 Å². The maximum atomic E-state index is 12.8. The van der Waals surface area contributed by atoms with E-state index < -0.39 is 12.3 Å². The molecule has 0 spiro atoms. The highest BCUT2D eigenvalue weighted by Crippen LogP contribution is 2.36. The van der Waals surface area contributed by atoms with Gasteiger partial charge in [0.25, 0.3) is 0 Å². The summed E-state index contributed by atoms with van der Waals surface area (Å²) in [5.41, 5.74) is 0.292. The van der Waals surface area contributed by atoms with E-state index in [2.05, 4.69) is 5.10 Å². The fraction of sp³-hybridized carbons (Fsp3) is 0.400. The highest BCUT2D eigenvalue weighted by molar-refractivity contribution is 6.30. The molecule has 7 heteroatoms. The molecule has 120 valence electrons. The van der Waals surface area contributed by atoms with Gasteiger partial charge in [-0.15, -0.1) is 0 Å². The number of aliphatic hydroxyl groups is 1. The van der Waals surface area contributed by atoms with E-state index in [1.807, 2.05) is 20.8 Å². The maximum absolute atomic E-state index is 12.8. The van der Waals surface area contributed by atoms with Crippen LogP contribution in [0.25, 0.3) is 5.69 Å². The van der Waals surface area contributed by atoms with Crippen LogP contribution in [0.15, 0.2) is 30.5 Å². The van der Waals surface area contributed by atoms with Gasteiger partial charge in [0.15, 0.2) is 6.10 Å². The van der Waals surface area contributed by atoms with Gasteiger partial charge in [-0.05, 0) is 18.2 Å².